The maximum atomic E-state index is 4.72. The SMILES string of the molecule is COC1=NCC=NN1. The largest absolute Gasteiger partial charge is 0.467 e. The number of hydrogen-bond donors (Lipinski definition) is 1. The second-order valence-electron chi connectivity index (χ2n) is 1.27. The number of hydrogen-bond acceptors (Lipinski definition) is 4. The molecule has 0 fully saturated rings. The molecule has 1 aliphatic heterocycles. The van der Waals surface area contributed by atoms with Gasteiger partial charge in [0.25, 0.3) is 0 Å². The summed E-state index contributed by atoms with van der Waals surface area (Å²) in [5.41, 5.74) is 2.57. The molecule has 4 nitrogen and oxygen atoms in total. The number of hydrazone groups is 1. The lowest BCUT2D eigenvalue weighted by Gasteiger charge is -2.04. The van der Waals surface area contributed by atoms with E-state index in [2.05, 4.69) is 15.5 Å². The normalized spacial score (nSPS) is 16.9. The van der Waals surface area contributed by atoms with Gasteiger partial charge >= 0.3 is 6.02 Å². The zero-order valence-electron chi connectivity index (χ0n) is 4.59. The van der Waals surface area contributed by atoms with Crippen molar-refractivity contribution in [3.63, 3.8) is 0 Å². The molecule has 0 aromatic carbocycles. The first-order chi connectivity index (χ1) is 3.93. The summed E-state index contributed by atoms with van der Waals surface area (Å²) in [6.07, 6.45) is 1.67. The van der Waals surface area contributed by atoms with Gasteiger partial charge in [0.15, 0.2) is 0 Å². The lowest BCUT2D eigenvalue weighted by atomic mass is 10.7. The Bertz CT molecular complexity index is 129. The Hall–Kier alpha value is -1.06. The van der Waals surface area contributed by atoms with Gasteiger partial charge in [0.1, 0.15) is 0 Å². The molecular weight excluding hydrogens is 106 g/mol. The van der Waals surface area contributed by atoms with Crippen LogP contribution in [0.25, 0.3) is 0 Å². The highest BCUT2D eigenvalue weighted by molar-refractivity contribution is 5.79. The first-order valence-corrected chi connectivity index (χ1v) is 2.29. The van der Waals surface area contributed by atoms with E-state index < -0.39 is 0 Å². The minimum Gasteiger partial charge on any atom is -0.467 e. The van der Waals surface area contributed by atoms with Crippen molar-refractivity contribution >= 4 is 12.2 Å². The van der Waals surface area contributed by atoms with Crippen LogP contribution in [0.15, 0.2) is 10.1 Å². The summed E-state index contributed by atoms with van der Waals surface area (Å²) in [6, 6.07) is 0.479. The molecule has 0 aromatic rings. The predicted octanol–water partition coefficient (Wildman–Crippen LogP) is -0.422. The molecule has 8 heavy (non-hydrogen) atoms. The van der Waals surface area contributed by atoms with Crippen molar-refractivity contribution in [1.29, 1.82) is 0 Å². The van der Waals surface area contributed by atoms with Gasteiger partial charge in [-0.3, -0.25) is 0 Å². The van der Waals surface area contributed by atoms with Crippen molar-refractivity contribution in [1.82, 2.24) is 5.43 Å². The number of amidine groups is 1. The molecule has 0 atom stereocenters. The van der Waals surface area contributed by atoms with Gasteiger partial charge in [0.2, 0.25) is 0 Å². The van der Waals surface area contributed by atoms with Crippen LogP contribution < -0.4 is 5.43 Å². The highest BCUT2D eigenvalue weighted by Crippen LogP contribution is 1.79. The van der Waals surface area contributed by atoms with Crippen molar-refractivity contribution in [2.24, 2.45) is 10.1 Å². The molecule has 0 spiro atoms. The molecule has 1 rings (SSSR count). The van der Waals surface area contributed by atoms with Gasteiger partial charge in [-0.1, -0.05) is 0 Å². The van der Waals surface area contributed by atoms with Crippen LogP contribution in [0.5, 0.6) is 0 Å². The van der Waals surface area contributed by atoms with E-state index in [0.29, 0.717) is 12.6 Å². The average Bonchev–Trinajstić information content (AvgIpc) is 1.90. The van der Waals surface area contributed by atoms with Crippen LogP contribution in [0, 0.1) is 0 Å². The molecule has 0 saturated heterocycles. The second-order valence-corrected chi connectivity index (χ2v) is 1.27. The van der Waals surface area contributed by atoms with Crippen LogP contribution in [-0.2, 0) is 4.74 Å². The minimum atomic E-state index is 0.479. The van der Waals surface area contributed by atoms with E-state index in [1.165, 1.54) is 0 Å². The summed E-state index contributed by atoms with van der Waals surface area (Å²) < 4.78 is 4.72. The quantitative estimate of drug-likeness (QED) is 0.463. The molecular formula is C4H7N3O. The topological polar surface area (TPSA) is 46.0 Å². The van der Waals surface area contributed by atoms with Gasteiger partial charge in [-0.25, -0.2) is 10.4 Å². The molecule has 0 radical (unpaired) electrons. The van der Waals surface area contributed by atoms with Gasteiger partial charge in [-0.2, -0.15) is 5.10 Å². The Balaban J connectivity index is 2.43. The van der Waals surface area contributed by atoms with E-state index in [9.17, 15) is 0 Å². The summed E-state index contributed by atoms with van der Waals surface area (Å²) in [4.78, 5) is 3.88. The molecule has 0 amide bonds. The molecule has 4 heteroatoms. The van der Waals surface area contributed by atoms with Crippen molar-refractivity contribution in [3.05, 3.63) is 0 Å². The zero-order chi connectivity index (χ0) is 5.82. The molecule has 1 aliphatic rings. The minimum absolute atomic E-state index is 0.479. The molecule has 0 aliphatic carbocycles. The standard InChI is InChI=1S/C4H7N3O/c1-8-4-5-2-3-6-7-4/h3H,2H2,1H3,(H,5,7). The van der Waals surface area contributed by atoms with Crippen LogP contribution >= 0.6 is 0 Å². The maximum absolute atomic E-state index is 4.72. The number of nitrogens with zero attached hydrogens (tertiary/aromatic N) is 2. The Morgan fingerprint density at radius 3 is 3.12 bits per heavy atom. The van der Waals surface area contributed by atoms with Crippen LogP contribution in [0.1, 0.15) is 0 Å². The second kappa shape index (κ2) is 2.30. The molecule has 0 aromatic heterocycles. The highest BCUT2D eigenvalue weighted by atomic mass is 16.5. The average molecular weight is 113 g/mol. The van der Waals surface area contributed by atoms with E-state index in [4.69, 9.17) is 4.74 Å². The zero-order valence-corrected chi connectivity index (χ0v) is 4.59. The Labute approximate surface area is 47.3 Å². The number of nitrogens with one attached hydrogen (secondary N) is 1. The molecule has 0 saturated carbocycles. The number of rotatable bonds is 0. The van der Waals surface area contributed by atoms with Crippen molar-refractivity contribution < 1.29 is 4.74 Å². The summed E-state index contributed by atoms with van der Waals surface area (Å²) in [5.74, 6) is 0. The van der Waals surface area contributed by atoms with Gasteiger partial charge in [-0.15, -0.1) is 0 Å². The van der Waals surface area contributed by atoms with Crippen LogP contribution in [-0.4, -0.2) is 25.9 Å². The van der Waals surface area contributed by atoms with Crippen molar-refractivity contribution in [3.8, 4) is 0 Å². The third-order valence-electron chi connectivity index (χ3n) is 0.761. The molecule has 0 bridgehead atoms. The van der Waals surface area contributed by atoms with Crippen LogP contribution in [0.2, 0.25) is 0 Å². The van der Waals surface area contributed by atoms with E-state index in [1.807, 2.05) is 0 Å². The van der Waals surface area contributed by atoms with Gasteiger partial charge in [-0.05, 0) is 0 Å². The lowest BCUT2D eigenvalue weighted by molar-refractivity contribution is 0.379. The third-order valence-corrected chi connectivity index (χ3v) is 0.761. The fourth-order valence-corrected chi connectivity index (χ4v) is 0.411. The van der Waals surface area contributed by atoms with Gasteiger partial charge in [0, 0.05) is 6.21 Å². The monoisotopic (exact) mass is 113 g/mol. The van der Waals surface area contributed by atoms with Crippen molar-refractivity contribution in [2.75, 3.05) is 13.7 Å². The van der Waals surface area contributed by atoms with E-state index in [1.54, 1.807) is 13.3 Å². The summed E-state index contributed by atoms with van der Waals surface area (Å²) in [6.45, 7) is 0.607. The van der Waals surface area contributed by atoms with E-state index in [-0.39, 0.29) is 0 Å². The predicted molar refractivity (Wildman–Crippen MR) is 30.9 cm³/mol. The Morgan fingerprint density at radius 1 is 1.88 bits per heavy atom. The Kier molecular flexibility index (Phi) is 1.46. The number of ether oxygens (including phenoxy) is 1. The number of aliphatic imine (C=N–C) groups is 1. The smallest absolute Gasteiger partial charge is 0.305 e. The van der Waals surface area contributed by atoms with Crippen LogP contribution in [0.4, 0.5) is 0 Å². The summed E-state index contributed by atoms with van der Waals surface area (Å²) in [7, 11) is 1.55. The lowest BCUT2D eigenvalue weighted by Crippen LogP contribution is -2.23. The van der Waals surface area contributed by atoms with Gasteiger partial charge in [0.05, 0.1) is 13.7 Å². The highest BCUT2D eigenvalue weighted by Gasteiger charge is 1.95. The molecule has 0 unspecified atom stereocenters. The Morgan fingerprint density at radius 2 is 2.75 bits per heavy atom. The van der Waals surface area contributed by atoms with Crippen molar-refractivity contribution in [2.45, 2.75) is 0 Å². The summed E-state index contributed by atoms with van der Waals surface area (Å²) >= 11 is 0. The molecule has 1 N–H and O–H groups in total. The first-order valence-electron chi connectivity index (χ1n) is 2.29. The fourth-order valence-electron chi connectivity index (χ4n) is 0.411. The summed E-state index contributed by atoms with van der Waals surface area (Å²) in [5, 5.41) is 3.70. The van der Waals surface area contributed by atoms with Gasteiger partial charge < -0.3 is 4.74 Å². The maximum Gasteiger partial charge on any atom is 0.305 e. The van der Waals surface area contributed by atoms with E-state index >= 15 is 0 Å². The first kappa shape index (κ1) is 5.08. The van der Waals surface area contributed by atoms with Crippen LogP contribution in [0.3, 0.4) is 0 Å². The third kappa shape index (κ3) is 0.959. The van der Waals surface area contributed by atoms with E-state index in [0.717, 1.165) is 0 Å². The fraction of sp³-hybridized carbons (Fsp3) is 0.500. The molecule has 44 valence electrons. The molecule has 1 heterocycles. The number of methoxy groups -OCH3 is 1.